The molecule has 1 amide bonds. The van der Waals surface area contributed by atoms with Crippen molar-refractivity contribution in [3.63, 3.8) is 0 Å². The third-order valence-corrected chi connectivity index (χ3v) is 5.69. The van der Waals surface area contributed by atoms with Gasteiger partial charge >= 0.3 is 0 Å². The van der Waals surface area contributed by atoms with Crippen LogP contribution in [0.3, 0.4) is 0 Å². The van der Waals surface area contributed by atoms with Crippen molar-refractivity contribution in [1.82, 2.24) is 25.2 Å². The summed E-state index contributed by atoms with van der Waals surface area (Å²) >= 11 is 0. The van der Waals surface area contributed by atoms with Crippen LogP contribution < -0.4 is 5.32 Å². The van der Waals surface area contributed by atoms with Crippen molar-refractivity contribution >= 4 is 5.91 Å². The van der Waals surface area contributed by atoms with Crippen LogP contribution in [0.2, 0.25) is 0 Å². The first-order valence-electron chi connectivity index (χ1n) is 9.98. The maximum Gasteiger partial charge on any atom is 0.253 e. The molecule has 0 atom stereocenters. The van der Waals surface area contributed by atoms with Crippen molar-refractivity contribution in [2.24, 2.45) is 0 Å². The molecule has 1 aliphatic heterocycles. The van der Waals surface area contributed by atoms with Crippen LogP contribution in [0, 0.1) is 6.92 Å². The van der Waals surface area contributed by atoms with E-state index < -0.39 is 0 Å². The van der Waals surface area contributed by atoms with Crippen molar-refractivity contribution < 1.29 is 4.79 Å². The van der Waals surface area contributed by atoms with Gasteiger partial charge in [0.15, 0.2) is 0 Å². The molecule has 0 unspecified atom stereocenters. The van der Waals surface area contributed by atoms with Crippen LogP contribution in [0.4, 0.5) is 0 Å². The molecule has 2 aliphatic rings. The molecule has 3 heterocycles. The number of pyridine rings is 1. The third-order valence-electron chi connectivity index (χ3n) is 5.69. The van der Waals surface area contributed by atoms with Gasteiger partial charge in [0.2, 0.25) is 0 Å². The highest BCUT2D eigenvalue weighted by Gasteiger charge is 2.24. The molecule has 27 heavy (non-hydrogen) atoms. The molecule has 1 fully saturated rings. The summed E-state index contributed by atoms with van der Waals surface area (Å²) in [5.74, 6) is 1.01. The molecule has 2 aromatic heterocycles. The number of fused-ring (bicyclic) bond motifs is 1. The number of carbonyl (C=O) groups is 1. The normalized spacial score (nSPS) is 17.6. The predicted octanol–water partition coefficient (Wildman–Crippen LogP) is 2.45. The highest BCUT2D eigenvalue weighted by Crippen LogP contribution is 2.22. The van der Waals surface area contributed by atoms with E-state index in [1.807, 2.05) is 4.90 Å². The number of aryl methyl sites for hydroxylation is 2. The maximum atomic E-state index is 12.5. The van der Waals surface area contributed by atoms with Crippen LogP contribution >= 0.6 is 0 Å². The summed E-state index contributed by atoms with van der Waals surface area (Å²) in [5, 5.41) is 3.60. The summed E-state index contributed by atoms with van der Waals surface area (Å²) in [7, 11) is 0. The van der Waals surface area contributed by atoms with E-state index >= 15 is 0 Å². The lowest BCUT2D eigenvalue weighted by atomic mass is 9.95. The van der Waals surface area contributed by atoms with Gasteiger partial charge in [-0.3, -0.25) is 9.78 Å². The molecule has 0 radical (unpaired) electrons. The van der Waals surface area contributed by atoms with E-state index in [1.165, 1.54) is 24.1 Å². The highest BCUT2D eigenvalue weighted by atomic mass is 16.2. The summed E-state index contributed by atoms with van der Waals surface area (Å²) < 4.78 is 0. The van der Waals surface area contributed by atoms with Gasteiger partial charge in [-0.05, 0) is 63.1 Å². The molecule has 1 aliphatic carbocycles. The van der Waals surface area contributed by atoms with Gasteiger partial charge < -0.3 is 10.2 Å². The molecular weight excluding hydrogens is 338 g/mol. The number of aromatic nitrogens is 3. The quantitative estimate of drug-likeness (QED) is 0.901. The monoisotopic (exact) mass is 365 g/mol. The summed E-state index contributed by atoms with van der Waals surface area (Å²) in [5.41, 5.74) is 4.49. The zero-order valence-electron chi connectivity index (χ0n) is 15.9. The first-order valence-corrected chi connectivity index (χ1v) is 9.98. The Kier molecular flexibility index (Phi) is 5.43. The SMILES string of the molecule is Cc1nc(CNC2CCN(C(=O)c3ccncc3)CC2)nc2c1CCCC2. The van der Waals surface area contributed by atoms with Crippen LogP contribution in [-0.4, -0.2) is 44.9 Å². The van der Waals surface area contributed by atoms with Crippen LogP contribution in [0.1, 0.15) is 58.8 Å². The molecule has 4 rings (SSSR count). The average molecular weight is 365 g/mol. The fraction of sp³-hybridized carbons (Fsp3) is 0.524. The van der Waals surface area contributed by atoms with Crippen molar-refractivity contribution in [2.45, 2.75) is 58.0 Å². The number of hydrogen-bond donors (Lipinski definition) is 1. The van der Waals surface area contributed by atoms with E-state index in [2.05, 4.69) is 17.2 Å². The van der Waals surface area contributed by atoms with Crippen LogP contribution in [0.5, 0.6) is 0 Å². The summed E-state index contributed by atoms with van der Waals surface area (Å²) in [6.45, 7) is 4.38. The number of amides is 1. The van der Waals surface area contributed by atoms with Gasteiger partial charge in [-0.2, -0.15) is 0 Å². The predicted molar refractivity (Wildman–Crippen MR) is 103 cm³/mol. The second-order valence-corrected chi connectivity index (χ2v) is 7.54. The largest absolute Gasteiger partial charge is 0.339 e. The lowest BCUT2D eigenvalue weighted by Crippen LogP contribution is -2.44. The fourth-order valence-electron chi connectivity index (χ4n) is 4.12. The molecule has 0 bridgehead atoms. The number of nitrogens with one attached hydrogen (secondary N) is 1. The minimum Gasteiger partial charge on any atom is -0.339 e. The van der Waals surface area contributed by atoms with Gasteiger partial charge in [-0.15, -0.1) is 0 Å². The molecule has 0 saturated carbocycles. The van der Waals surface area contributed by atoms with E-state index in [1.54, 1.807) is 24.5 Å². The van der Waals surface area contributed by atoms with Gasteiger partial charge in [0.1, 0.15) is 5.82 Å². The molecule has 0 spiro atoms. The molecule has 1 N–H and O–H groups in total. The Balaban J connectivity index is 1.30. The second-order valence-electron chi connectivity index (χ2n) is 7.54. The summed E-state index contributed by atoms with van der Waals surface area (Å²) in [4.78, 5) is 27.9. The average Bonchev–Trinajstić information content (AvgIpc) is 2.73. The Hall–Kier alpha value is -2.34. The third kappa shape index (κ3) is 4.16. The highest BCUT2D eigenvalue weighted by molar-refractivity contribution is 5.94. The lowest BCUT2D eigenvalue weighted by Gasteiger charge is -2.32. The van der Waals surface area contributed by atoms with Crippen LogP contribution in [-0.2, 0) is 19.4 Å². The minimum atomic E-state index is 0.101. The molecule has 142 valence electrons. The molecule has 6 nitrogen and oxygen atoms in total. The Labute approximate surface area is 160 Å². The zero-order valence-corrected chi connectivity index (χ0v) is 15.9. The Morgan fingerprint density at radius 1 is 1.15 bits per heavy atom. The van der Waals surface area contributed by atoms with Crippen molar-refractivity contribution in [3.8, 4) is 0 Å². The number of likely N-dealkylation sites (tertiary alicyclic amines) is 1. The van der Waals surface area contributed by atoms with Crippen LogP contribution in [0.15, 0.2) is 24.5 Å². The molecule has 0 aromatic carbocycles. The Morgan fingerprint density at radius 3 is 2.67 bits per heavy atom. The topological polar surface area (TPSA) is 71.0 Å². The second kappa shape index (κ2) is 8.13. The summed E-state index contributed by atoms with van der Waals surface area (Å²) in [6, 6.07) is 3.97. The first-order chi connectivity index (χ1) is 13.2. The standard InChI is InChI=1S/C21H27N5O/c1-15-18-4-2-3-5-19(18)25-20(24-15)14-23-17-8-12-26(13-9-17)21(27)16-6-10-22-11-7-16/h6-7,10-11,17,23H,2-5,8-9,12-14H2,1H3. The van der Waals surface area contributed by atoms with Gasteiger partial charge in [-0.1, -0.05) is 0 Å². The van der Waals surface area contributed by atoms with E-state index in [-0.39, 0.29) is 5.91 Å². The van der Waals surface area contributed by atoms with E-state index in [0.717, 1.165) is 50.3 Å². The fourth-order valence-corrected chi connectivity index (χ4v) is 4.12. The number of hydrogen-bond acceptors (Lipinski definition) is 5. The molecule has 1 saturated heterocycles. The van der Waals surface area contributed by atoms with E-state index in [0.29, 0.717) is 18.2 Å². The first kappa shape index (κ1) is 18.0. The summed E-state index contributed by atoms with van der Waals surface area (Å²) in [6.07, 6.45) is 9.96. The number of piperidine rings is 1. The molecular formula is C21H27N5O. The maximum absolute atomic E-state index is 12.5. The molecule has 2 aromatic rings. The van der Waals surface area contributed by atoms with Crippen molar-refractivity contribution in [2.75, 3.05) is 13.1 Å². The van der Waals surface area contributed by atoms with Crippen LogP contribution in [0.25, 0.3) is 0 Å². The van der Waals surface area contributed by atoms with E-state index in [9.17, 15) is 4.79 Å². The van der Waals surface area contributed by atoms with Crippen molar-refractivity contribution in [3.05, 3.63) is 52.9 Å². The zero-order chi connectivity index (χ0) is 18.6. The van der Waals surface area contributed by atoms with Gasteiger partial charge in [0.05, 0.1) is 6.54 Å². The minimum absolute atomic E-state index is 0.101. The van der Waals surface area contributed by atoms with Crippen molar-refractivity contribution in [1.29, 1.82) is 0 Å². The van der Waals surface area contributed by atoms with Gasteiger partial charge in [-0.25, -0.2) is 9.97 Å². The number of nitrogens with zero attached hydrogens (tertiary/aromatic N) is 4. The Bertz CT molecular complexity index is 800. The van der Waals surface area contributed by atoms with Gasteiger partial charge in [0, 0.05) is 48.5 Å². The number of carbonyl (C=O) groups excluding carboxylic acids is 1. The smallest absolute Gasteiger partial charge is 0.253 e. The lowest BCUT2D eigenvalue weighted by molar-refractivity contribution is 0.0704. The number of rotatable bonds is 4. The Morgan fingerprint density at radius 2 is 1.89 bits per heavy atom. The van der Waals surface area contributed by atoms with E-state index in [4.69, 9.17) is 9.97 Å². The van der Waals surface area contributed by atoms with Gasteiger partial charge in [0.25, 0.3) is 5.91 Å². The molecule has 6 heteroatoms.